The molecule has 0 aliphatic heterocycles. The molecule has 1 aromatic carbocycles. The van der Waals surface area contributed by atoms with Crippen molar-refractivity contribution in [1.29, 1.82) is 0 Å². The second kappa shape index (κ2) is 7.07. The highest BCUT2D eigenvalue weighted by atomic mass is 32.2. The Morgan fingerprint density at radius 3 is 2.71 bits per heavy atom. The van der Waals surface area contributed by atoms with Crippen LogP contribution in [0.3, 0.4) is 0 Å². The van der Waals surface area contributed by atoms with Gasteiger partial charge < -0.3 is 5.32 Å². The predicted octanol–water partition coefficient (Wildman–Crippen LogP) is 3.95. The number of hydrogen-bond acceptors (Lipinski definition) is 2. The molecular formula is C15H23NS. The summed E-state index contributed by atoms with van der Waals surface area (Å²) >= 11 is 1.98. The zero-order valence-corrected chi connectivity index (χ0v) is 11.5. The number of benzene rings is 1. The largest absolute Gasteiger partial charge is 0.313 e. The van der Waals surface area contributed by atoms with E-state index in [9.17, 15) is 0 Å². The summed E-state index contributed by atoms with van der Waals surface area (Å²) in [7, 11) is 0. The highest BCUT2D eigenvalue weighted by molar-refractivity contribution is 7.99. The van der Waals surface area contributed by atoms with Crippen molar-refractivity contribution in [3.63, 3.8) is 0 Å². The minimum absolute atomic E-state index is 0.686. The first-order valence-corrected chi connectivity index (χ1v) is 7.78. The average molecular weight is 249 g/mol. The Kier molecular flexibility index (Phi) is 5.40. The number of thioether (sulfide) groups is 1. The van der Waals surface area contributed by atoms with Crippen molar-refractivity contribution in [2.24, 2.45) is 5.92 Å². The summed E-state index contributed by atoms with van der Waals surface area (Å²) in [5.74, 6) is 2.25. The van der Waals surface area contributed by atoms with Gasteiger partial charge in [0.15, 0.2) is 0 Å². The van der Waals surface area contributed by atoms with E-state index in [4.69, 9.17) is 0 Å². The van der Waals surface area contributed by atoms with Crippen molar-refractivity contribution in [2.75, 3.05) is 12.3 Å². The van der Waals surface area contributed by atoms with E-state index in [2.05, 4.69) is 42.6 Å². The topological polar surface area (TPSA) is 12.0 Å². The van der Waals surface area contributed by atoms with E-state index < -0.39 is 0 Å². The van der Waals surface area contributed by atoms with E-state index >= 15 is 0 Å². The Labute approximate surface area is 109 Å². The fraction of sp³-hybridized carbons (Fsp3) is 0.600. The predicted molar refractivity (Wildman–Crippen MR) is 76.6 cm³/mol. The van der Waals surface area contributed by atoms with E-state index in [1.165, 1.54) is 36.3 Å². The molecule has 0 spiro atoms. The Bertz CT molecular complexity index is 308. The van der Waals surface area contributed by atoms with Crippen molar-refractivity contribution in [3.05, 3.63) is 30.3 Å². The zero-order valence-electron chi connectivity index (χ0n) is 10.7. The lowest BCUT2D eigenvalue weighted by Gasteiger charge is -2.17. The molecule has 1 aromatic rings. The summed E-state index contributed by atoms with van der Waals surface area (Å²) in [4.78, 5) is 1.39. The van der Waals surface area contributed by atoms with Crippen molar-refractivity contribution in [2.45, 2.75) is 43.5 Å². The SMILES string of the molecule is CCNC(CCC1CC1)CSc1ccccc1. The number of rotatable bonds is 8. The second-order valence-electron chi connectivity index (χ2n) is 4.90. The number of nitrogens with one attached hydrogen (secondary N) is 1. The molecule has 1 atom stereocenters. The molecule has 2 rings (SSSR count). The molecular weight excluding hydrogens is 226 g/mol. The van der Waals surface area contributed by atoms with Crippen LogP contribution < -0.4 is 5.32 Å². The molecule has 2 heteroatoms. The van der Waals surface area contributed by atoms with Crippen LogP contribution >= 0.6 is 11.8 Å². The van der Waals surface area contributed by atoms with Crippen molar-refractivity contribution < 1.29 is 0 Å². The molecule has 1 aliphatic rings. The van der Waals surface area contributed by atoms with Crippen LogP contribution in [0.4, 0.5) is 0 Å². The van der Waals surface area contributed by atoms with Gasteiger partial charge in [0.1, 0.15) is 0 Å². The van der Waals surface area contributed by atoms with Gasteiger partial charge in [0.25, 0.3) is 0 Å². The van der Waals surface area contributed by atoms with E-state index in [0.717, 1.165) is 12.5 Å². The van der Waals surface area contributed by atoms with Gasteiger partial charge in [0.05, 0.1) is 0 Å². The fourth-order valence-electron chi connectivity index (χ4n) is 2.09. The first-order chi connectivity index (χ1) is 8.38. The normalized spacial score (nSPS) is 17.0. The van der Waals surface area contributed by atoms with Gasteiger partial charge in [0.2, 0.25) is 0 Å². The summed E-state index contributed by atoms with van der Waals surface area (Å²) in [6, 6.07) is 11.4. The summed E-state index contributed by atoms with van der Waals surface area (Å²) in [6.07, 6.45) is 5.72. The van der Waals surface area contributed by atoms with Crippen LogP contribution in [-0.2, 0) is 0 Å². The van der Waals surface area contributed by atoms with Crippen molar-refractivity contribution in [3.8, 4) is 0 Å². The first-order valence-electron chi connectivity index (χ1n) is 6.79. The Balaban J connectivity index is 1.71. The summed E-state index contributed by atoms with van der Waals surface area (Å²) in [5, 5.41) is 3.62. The maximum atomic E-state index is 3.62. The van der Waals surface area contributed by atoms with Gasteiger partial charge in [-0.25, -0.2) is 0 Å². The maximum absolute atomic E-state index is 3.62. The monoisotopic (exact) mass is 249 g/mol. The number of hydrogen-bond donors (Lipinski definition) is 1. The lowest BCUT2D eigenvalue weighted by atomic mass is 10.1. The fourth-order valence-corrected chi connectivity index (χ4v) is 3.12. The zero-order chi connectivity index (χ0) is 11.9. The standard InChI is InChI=1S/C15H23NS/c1-2-16-14(11-10-13-8-9-13)12-17-15-6-4-3-5-7-15/h3-7,13-14,16H,2,8-12H2,1H3. The molecule has 0 amide bonds. The third kappa shape index (κ3) is 5.13. The van der Waals surface area contributed by atoms with Gasteiger partial charge in [-0.1, -0.05) is 38.0 Å². The van der Waals surface area contributed by atoms with Gasteiger partial charge in [-0.05, 0) is 37.4 Å². The molecule has 94 valence electrons. The van der Waals surface area contributed by atoms with Gasteiger partial charge in [-0.3, -0.25) is 0 Å². The Hall–Kier alpha value is -0.470. The van der Waals surface area contributed by atoms with Crippen LogP contribution in [0.25, 0.3) is 0 Å². The van der Waals surface area contributed by atoms with Crippen LogP contribution in [0.15, 0.2) is 35.2 Å². The molecule has 0 heterocycles. The van der Waals surface area contributed by atoms with Gasteiger partial charge >= 0.3 is 0 Å². The minimum Gasteiger partial charge on any atom is -0.313 e. The highest BCUT2D eigenvalue weighted by Gasteiger charge is 2.22. The van der Waals surface area contributed by atoms with Crippen LogP contribution in [0, 0.1) is 5.92 Å². The molecule has 1 N–H and O–H groups in total. The molecule has 1 unspecified atom stereocenters. The Morgan fingerprint density at radius 2 is 2.06 bits per heavy atom. The molecule has 1 aliphatic carbocycles. The summed E-state index contributed by atoms with van der Waals surface area (Å²) < 4.78 is 0. The molecule has 1 fully saturated rings. The molecule has 17 heavy (non-hydrogen) atoms. The van der Waals surface area contributed by atoms with Crippen LogP contribution in [0.1, 0.15) is 32.6 Å². The van der Waals surface area contributed by atoms with Gasteiger partial charge in [-0.15, -0.1) is 11.8 Å². The minimum atomic E-state index is 0.686. The summed E-state index contributed by atoms with van der Waals surface area (Å²) in [6.45, 7) is 3.29. The molecule has 1 saturated carbocycles. The third-order valence-electron chi connectivity index (χ3n) is 3.31. The van der Waals surface area contributed by atoms with E-state index in [-0.39, 0.29) is 0 Å². The molecule has 1 nitrogen and oxygen atoms in total. The molecule has 0 radical (unpaired) electrons. The lowest BCUT2D eigenvalue weighted by Crippen LogP contribution is -2.31. The molecule has 0 bridgehead atoms. The summed E-state index contributed by atoms with van der Waals surface area (Å²) in [5.41, 5.74) is 0. The van der Waals surface area contributed by atoms with Gasteiger partial charge in [0, 0.05) is 16.7 Å². The average Bonchev–Trinajstić information content (AvgIpc) is 3.18. The van der Waals surface area contributed by atoms with E-state index in [1.54, 1.807) is 0 Å². The van der Waals surface area contributed by atoms with Crippen molar-refractivity contribution in [1.82, 2.24) is 5.32 Å². The van der Waals surface area contributed by atoms with Crippen LogP contribution in [0.2, 0.25) is 0 Å². The van der Waals surface area contributed by atoms with E-state index in [0.29, 0.717) is 6.04 Å². The van der Waals surface area contributed by atoms with Crippen LogP contribution in [0.5, 0.6) is 0 Å². The smallest absolute Gasteiger partial charge is 0.0161 e. The maximum Gasteiger partial charge on any atom is 0.0161 e. The Morgan fingerprint density at radius 1 is 1.29 bits per heavy atom. The second-order valence-corrected chi connectivity index (χ2v) is 5.99. The van der Waals surface area contributed by atoms with Crippen molar-refractivity contribution >= 4 is 11.8 Å². The first kappa shape index (κ1) is 13.0. The quantitative estimate of drug-likeness (QED) is 0.700. The van der Waals surface area contributed by atoms with E-state index in [1.807, 2.05) is 11.8 Å². The third-order valence-corrected chi connectivity index (χ3v) is 4.48. The highest BCUT2D eigenvalue weighted by Crippen LogP contribution is 2.34. The van der Waals surface area contributed by atoms with Crippen LogP contribution in [-0.4, -0.2) is 18.3 Å². The molecule has 0 saturated heterocycles. The van der Waals surface area contributed by atoms with Gasteiger partial charge in [-0.2, -0.15) is 0 Å². The lowest BCUT2D eigenvalue weighted by molar-refractivity contribution is 0.501. The molecule has 0 aromatic heterocycles.